The fraction of sp³-hybridized carbons (Fsp3) is 0.320. The Morgan fingerprint density at radius 1 is 0.935 bits per heavy atom. The van der Waals surface area contributed by atoms with Crippen LogP contribution in [0.4, 0.5) is 11.4 Å². The Kier molecular flexibility index (Phi) is 7.98. The van der Waals surface area contributed by atoms with Crippen molar-refractivity contribution in [3.05, 3.63) is 73.8 Å². The van der Waals surface area contributed by atoms with Gasteiger partial charge in [-0.05, 0) is 80.1 Å². The maximum atomic E-state index is 12.4. The van der Waals surface area contributed by atoms with Gasteiger partial charge >= 0.3 is 5.97 Å². The van der Waals surface area contributed by atoms with Crippen LogP contribution >= 0.6 is 0 Å². The van der Waals surface area contributed by atoms with Crippen molar-refractivity contribution in [2.45, 2.75) is 19.8 Å². The molecule has 3 unspecified atom stereocenters. The molecule has 162 valence electrons. The predicted molar refractivity (Wildman–Crippen MR) is 120 cm³/mol. The lowest BCUT2D eigenvalue weighted by Gasteiger charge is -2.15. The molecule has 1 aliphatic rings. The molecule has 6 heteroatoms. The Morgan fingerprint density at radius 3 is 2.03 bits per heavy atom. The molecule has 0 saturated heterocycles. The van der Waals surface area contributed by atoms with Crippen molar-refractivity contribution in [1.29, 1.82) is 0 Å². The number of hydrogen-bond acceptors (Lipinski definition) is 6. The number of hydrogen-bond donors (Lipinski definition) is 0. The SMILES string of the molecule is C=CC1CC(C=C)C(C(=O)OCOc2ccc(N=Nc3ccc(OCC)cc3)cc2)C1. The minimum Gasteiger partial charge on any atom is -0.494 e. The van der Waals surface area contributed by atoms with Crippen molar-refractivity contribution < 1.29 is 19.0 Å². The van der Waals surface area contributed by atoms with Gasteiger partial charge in [0, 0.05) is 0 Å². The van der Waals surface area contributed by atoms with Gasteiger partial charge in [0.25, 0.3) is 0 Å². The van der Waals surface area contributed by atoms with Crippen LogP contribution < -0.4 is 9.47 Å². The first-order valence-corrected chi connectivity index (χ1v) is 10.4. The molecule has 0 aromatic heterocycles. The van der Waals surface area contributed by atoms with Crippen molar-refractivity contribution in [2.24, 2.45) is 28.0 Å². The van der Waals surface area contributed by atoms with E-state index in [0.29, 0.717) is 24.0 Å². The number of carbonyl (C=O) groups is 1. The molecule has 0 spiro atoms. The summed E-state index contributed by atoms with van der Waals surface area (Å²) in [5.41, 5.74) is 1.42. The van der Waals surface area contributed by atoms with E-state index in [1.807, 2.05) is 43.3 Å². The lowest BCUT2D eigenvalue weighted by molar-refractivity contribution is -0.156. The van der Waals surface area contributed by atoms with Gasteiger partial charge in [-0.25, -0.2) is 0 Å². The molecule has 0 bridgehead atoms. The maximum Gasteiger partial charge on any atom is 0.312 e. The van der Waals surface area contributed by atoms with Crippen molar-refractivity contribution in [1.82, 2.24) is 0 Å². The highest BCUT2D eigenvalue weighted by molar-refractivity contribution is 5.73. The highest BCUT2D eigenvalue weighted by atomic mass is 16.7. The number of nitrogens with zero attached hydrogens (tertiary/aromatic N) is 2. The summed E-state index contributed by atoms with van der Waals surface area (Å²) in [6, 6.07) is 14.5. The number of carbonyl (C=O) groups excluding carboxylic acids is 1. The van der Waals surface area contributed by atoms with Gasteiger partial charge in [-0.15, -0.1) is 13.2 Å². The van der Waals surface area contributed by atoms with E-state index in [1.54, 1.807) is 24.3 Å². The zero-order chi connectivity index (χ0) is 22.1. The number of esters is 1. The van der Waals surface area contributed by atoms with E-state index in [9.17, 15) is 4.79 Å². The summed E-state index contributed by atoms with van der Waals surface area (Å²) in [7, 11) is 0. The predicted octanol–water partition coefficient (Wildman–Crippen LogP) is 6.39. The standard InChI is InChI=1S/C25H28N2O4/c1-4-18-15-19(5-2)24(16-18)25(28)31-17-30-23-13-9-21(10-14-23)27-26-20-7-11-22(12-8-20)29-6-3/h4-5,7-14,18-19,24H,1-2,6,15-17H2,3H3. The average molecular weight is 421 g/mol. The van der Waals surface area contributed by atoms with E-state index < -0.39 is 0 Å². The molecule has 1 saturated carbocycles. The van der Waals surface area contributed by atoms with Gasteiger partial charge in [-0.2, -0.15) is 10.2 Å². The van der Waals surface area contributed by atoms with Gasteiger partial charge < -0.3 is 14.2 Å². The molecule has 0 heterocycles. The number of allylic oxidation sites excluding steroid dienone is 2. The Morgan fingerprint density at radius 2 is 1.52 bits per heavy atom. The van der Waals surface area contributed by atoms with Crippen LogP contribution in [0.3, 0.4) is 0 Å². The van der Waals surface area contributed by atoms with Gasteiger partial charge in [0.05, 0.1) is 23.9 Å². The second-order valence-electron chi connectivity index (χ2n) is 7.32. The molecular formula is C25H28N2O4. The summed E-state index contributed by atoms with van der Waals surface area (Å²) in [6.45, 7) is 10.1. The second-order valence-corrected chi connectivity index (χ2v) is 7.32. The van der Waals surface area contributed by atoms with Crippen LogP contribution in [0.15, 0.2) is 84.1 Å². The molecule has 0 aliphatic heterocycles. The van der Waals surface area contributed by atoms with Crippen LogP contribution in [0.5, 0.6) is 11.5 Å². The van der Waals surface area contributed by atoms with Gasteiger partial charge in [-0.3, -0.25) is 4.79 Å². The lowest BCUT2D eigenvalue weighted by Crippen LogP contribution is -2.22. The number of rotatable bonds is 10. The largest absolute Gasteiger partial charge is 0.494 e. The highest BCUT2D eigenvalue weighted by Gasteiger charge is 2.36. The quantitative estimate of drug-likeness (QED) is 0.193. The van der Waals surface area contributed by atoms with E-state index in [2.05, 4.69) is 23.4 Å². The van der Waals surface area contributed by atoms with Crippen LogP contribution in [-0.2, 0) is 9.53 Å². The number of ether oxygens (including phenoxy) is 3. The molecule has 3 atom stereocenters. The van der Waals surface area contributed by atoms with Crippen LogP contribution in [0, 0.1) is 17.8 Å². The Labute approximate surface area is 183 Å². The minimum atomic E-state index is -0.255. The first kappa shape index (κ1) is 22.3. The van der Waals surface area contributed by atoms with Gasteiger partial charge in [0.2, 0.25) is 6.79 Å². The summed E-state index contributed by atoms with van der Waals surface area (Å²) in [6.07, 6.45) is 5.36. The average Bonchev–Trinajstić information content (AvgIpc) is 3.23. The Bertz CT molecular complexity index is 906. The molecule has 31 heavy (non-hydrogen) atoms. The smallest absolute Gasteiger partial charge is 0.312 e. The molecule has 0 amide bonds. The first-order chi connectivity index (χ1) is 15.1. The van der Waals surface area contributed by atoms with E-state index in [0.717, 1.165) is 24.3 Å². The van der Waals surface area contributed by atoms with Gasteiger partial charge in [0.1, 0.15) is 11.5 Å². The number of azo groups is 1. The van der Waals surface area contributed by atoms with E-state index >= 15 is 0 Å². The summed E-state index contributed by atoms with van der Waals surface area (Å²) in [4.78, 5) is 12.4. The molecule has 1 aliphatic carbocycles. The molecule has 2 aromatic carbocycles. The Hall–Kier alpha value is -3.41. The maximum absolute atomic E-state index is 12.4. The fourth-order valence-corrected chi connectivity index (χ4v) is 3.60. The zero-order valence-corrected chi connectivity index (χ0v) is 17.8. The summed E-state index contributed by atoms with van der Waals surface area (Å²) in [5.74, 6) is 1.39. The van der Waals surface area contributed by atoms with E-state index in [4.69, 9.17) is 14.2 Å². The molecule has 1 fully saturated rings. The normalized spacial score (nSPS) is 20.4. The summed E-state index contributed by atoms with van der Waals surface area (Å²) in [5, 5.41) is 8.42. The minimum absolute atomic E-state index is 0.121. The fourth-order valence-electron chi connectivity index (χ4n) is 3.60. The molecule has 2 aromatic rings. The molecular weight excluding hydrogens is 392 g/mol. The lowest BCUT2D eigenvalue weighted by atomic mass is 9.97. The van der Waals surface area contributed by atoms with Crippen LogP contribution in [0.2, 0.25) is 0 Å². The molecule has 6 nitrogen and oxygen atoms in total. The van der Waals surface area contributed by atoms with E-state index in [-0.39, 0.29) is 24.6 Å². The number of benzene rings is 2. The highest BCUT2D eigenvalue weighted by Crippen LogP contribution is 2.38. The third-order valence-corrected chi connectivity index (χ3v) is 5.28. The van der Waals surface area contributed by atoms with Crippen molar-refractivity contribution in [3.8, 4) is 11.5 Å². The van der Waals surface area contributed by atoms with Crippen LogP contribution in [0.25, 0.3) is 0 Å². The monoisotopic (exact) mass is 420 g/mol. The molecule has 0 radical (unpaired) electrons. The van der Waals surface area contributed by atoms with E-state index in [1.165, 1.54) is 0 Å². The molecule has 0 N–H and O–H groups in total. The molecule has 3 rings (SSSR count). The summed E-state index contributed by atoms with van der Waals surface area (Å²) < 4.78 is 16.3. The zero-order valence-electron chi connectivity index (χ0n) is 17.8. The van der Waals surface area contributed by atoms with Crippen LogP contribution in [0.1, 0.15) is 19.8 Å². The first-order valence-electron chi connectivity index (χ1n) is 10.4. The van der Waals surface area contributed by atoms with Gasteiger partial charge in [0.15, 0.2) is 0 Å². The Balaban J connectivity index is 1.46. The van der Waals surface area contributed by atoms with Crippen molar-refractivity contribution >= 4 is 17.3 Å². The third kappa shape index (κ3) is 6.28. The topological polar surface area (TPSA) is 69.5 Å². The van der Waals surface area contributed by atoms with Gasteiger partial charge in [-0.1, -0.05) is 12.2 Å². The van der Waals surface area contributed by atoms with Crippen molar-refractivity contribution in [3.63, 3.8) is 0 Å². The van der Waals surface area contributed by atoms with Crippen LogP contribution in [-0.4, -0.2) is 19.4 Å². The van der Waals surface area contributed by atoms with Crippen molar-refractivity contribution in [2.75, 3.05) is 13.4 Å². The third-order valence-electron chi connectivity index (χ3n) is 5.28. The second kappa shape index (κ2) is 11.1. The summed E-state index contributed by atoms with van der Waals surface area (Å²) >= 11 is 0.